The maximum atomic E-state index is 9.96. The van der Waals surface area contributed by atoms with Gasteiger partial charge in [0.1, 0.15) is 0 Å². The van der Waals surface area contributed by atoms with Gasteiger partial charge in [0, 0.05) is 0 Å². The summed E-state index contributed by atoms with van der Waals surface area (Å²) in [6.07, 6.45) is 0. The fraction of sp³-hybridized carbons (Fsp3) is 0. The van der Waals surface area contributed by atoms with Gasteiger partial charge >= 0.3 is 56.9 Å². The fourth-order valence-corrected chi connectivity index (χ4v) is 2.22. The van der Waals surface area contributed by atoms with Crippen LogP contribution in [0.1, 0.15) is 0 Å². The molecule has 0 aliphatic rings. The van der Waals surface area contributed by atoms with Crippen molar-refractivity contribution in [3.8, 4) is 0 Å². The van der Waals surface area contributed by atoms with Crippen LogP contribution in [0.2, 0.25) is 0 Å². The predicted octanol–water partition coefficient (Wildman–Crippen LogP) is -1.53. The van der Waals surface area contributed by atoms with E-state index in [1.165, 1.54) is 0 Å². The molecular weight excluding hydrogens is 242 g/mol. The molecular formula is C2H4N2O2Se2. The molecule has 0 atom stereocenters. The van der Waals surface area contributed by atoms with Gasteiger partial charge in [0.05, 0.1) is 0 Å². The van der Waals surface area contributed by atoms with Crippen molar-refractivity contribution in [3.63, 3.8) is 0 Å². The first-order valence-corrected chi connectivity index (χ1v) is 7.61. The standard InChI is InChI=1S/C2H4N2O2Se2/c3-1(5)7-8-2(4)6/h(H2,3,5)(H2,4,6). The van der Waals surface area contributed by atoms with Crippen LogP contribution in [0.15, 0.2) is 0 Å². The van der Waals surface area contributed by atoms with Crippen LogP contribution in [0.5, 0.6) is 0 Å². The van der Waals surface area contributed by atoms with Crippen LogP contribution in [-0.4, -0.2) is 35.9 Å². The number of hydrogen-bond acceptors (Lipinski definition) is 2. The van der Waals surface area contributed by atoms with Gasteiger partial charge in [-0.3, -0.25) is 0 Å². The van der Waals surface area contributed by atoms with Gasteiger partial charge in [-0.05, 0) is 0 Å². The van der Waals surface area contributed by atoms with E-state index >= 15 is 0 Å². The third-order valence-corrected chi connectivity index (χ3v) is 5.56. The van der Waals surface area contributed by atoms with Gasteiger partial charge in [0.2, 0.25) is 0 Å². The van der Waals surface area contributed by atoms with Gasteiger partial charge < -0.3 is 0 Å². The number of carbonyl (C=O) groups is 2. The quantitative estimate of drug-likeness (QED) is 0.591. The summed E-state index contributed by atoms with van der Waals surface area (Å²) in [5.74, 6) is 0. The second-order valence-electron chi connectivity index (χ2n) is 0.805. The second kappa shape index (κ2) is 3.92. The van der Waals surface area contributed by atoms with E-state index in [-0.39, 0.29) is 26.3 Å². The Morgan fingerprint density at radius 3 is 1.38 bits per heavy atom. The van der Waals surface area contributed by atoms with Crippen LogP contribution in [0.3, 0.4) is 0 Å². The molecule has 4 N–H and O–H groups in total. The summed E-state index contributed by atoms with van der Waals surface area (Å²) in [5.41, 5.74) is 9.47. The number of nitrogens with two attached hydrogens (primary N) is 2. The molecule has 0 aliphatic heterocycles. The van der Waals surface area contributed by atoms with Crippen LogP contribution >= 0.6 is 0 Å². The molecule has 0 bridgehead atoms. The Bertz CT molecular complexity index is 101. The second-order valence-corrected chi connectivity index (χ2v) is 6.83. The normalized spacial score (nSPS) is 8.50. The number of carbonyl (C=O) groups excluding carboxylic acids is 2. The van der Waals surface area contributed by atoms with Crippen molar-refractivity contribution in [1.82, 2.24) is 0 Å². The summed E-state index contributed by atoms with van der Waals surface area (Å²) < 4.78 is 0. The van der Waals surface area contributed by atoms with Crippen molar-refractivity contribution in [2.24, 2.45) is 11.5 Å². The Hall–Kier alpha value is -0.0210. The molecule has 0 saturated carbocycles. The van der Waals surface area contributed by atoms with E-state index < -0.39 is 9.61 Å². The molecule has 0 fully saturated rings. The Morgan fingerprint density at radius 2 is 1.25 bits per heavy atom. The first-order chi connectivity index (χ1) is 3.63. The van der Waals surface area contributed by atoms with Gasteiger partial charge in [0.15, 0.2) is 0 Å². The van der Waals surface area contributed by atoms with E-state index in [2.05, 4.69) is 0 Å². The molecule has 8 heavy (non-hydrogen) atoms. The van der Waals surface area contributed by atoms with Crippen molar-refractivity contribution in [1.29, 1.82) is 0 Å². The summed E-state index contributed by atoms with van der Waals surface area (Å²) in [4.78, 5) is 19.1. The fourth-order valence-electron chi connectivity index (χ4n) is 0.0821. The van der Waals surface area contributed by atoms with E-state index in [1.54, 1.807) is 0 Å². The monoisotopic (exact) mass is 248 g/mol. The van der Waals surface area contributed by atoms with Crippen molar-refractivity contribution < 1.29 is 9.59 Å². The predicted molar refractivity (Wildman–Crippen MR) is 30.7 cm³/mol. The summed E-state index contributed by atoms with van der Waals surface area (Å²) in [7, 11) is 0. The van der Waals surface area contributed by atoms with E-state index in [0.717, 1.165) is 0 Å². The summed E-state index contributed by atoms with van der Waals surface area (Å²) in [5, 5.41) is 0. The molecule has 2 amide bonds. The zero-order valence-electron chi connectivity index (χ0n) is 3.79. The zero-order chi connectivity index (χ0) is 6.57. The van der Waals surface area contributed by atoms with E-state index in [9.17, 15) is 9.59 Å². The zero-order valence-corrected chi connectivity index (χ0v) is 7.21. The molecule has 0 saturated heterocycles. The molecule has 0 heterocycles. The minimum absolute atomic E-state index is 0.376. The third kappa shape index (κ3) is 5.98. The van der Waals surface area contributed by atoms with Gasteiger partial charge in [-0.2, -0.15) is 0 Å². The van der Waals surface area contributed by atoms with Crippen LogP contribution in [0.4, 0.5) is 9.59 Å². The molecule has 0 aromatic heterocycles. The molecule has 0 spiro atoms. The van der Waals surface area contributed by atoms with Crippen molar-refractivity contribution in [2.45, 2.75) is 0 Å². The maximum absolute atomic E-state index is 9.96. The first-order valence-electron chi connectivity index (χ1n) is 1.56. The summed E-state index contributed by atoms with van der Waals surface area (Å²) >= 11 is -0.752. The first kappa shape index (κ1) is 7.98. The number of primary amides is 2. The van der Waals surface area contributed by atoms with Gasteiger partial charge in [0.25, 0.3) is 0 Å². The molecule has 0 radical (unpaired) electrons. The molecule has 4 nitrogen and oxygen atoms in total. The topological polar surface area (TPSA) is 86.2 Å². The van der Waals surface area contributed by atoms with Crippen LogP contribution in [-0.2, 0) is 0 Å². The molecule has 0 aliphatic carbocycles. The van der Waals surface area contributed by atoms with Gasteiger partial charge in [-0.25, -0.2) is 0 Å². The van der Waals surface area contributed by atoms with Crippen LogP contribution in [0.25, 0.3) is 0 Å². The third-order valence-electron chi connectivity index (χ3n) is 0.206. The van der Waals surface area contributed by atoms with Gasteiger partial charge in [-0.1, -0.05) is 0 Å². The van der Waals surface area contributed by atoms with Crippen molar-refractivity contribution >= 4 is 35.9 Å². The average Bonchev–Trinajstić information content (AvgIpc) is 1.61. The molecule has 0 aromatic carbocycles. The van der Waals surface area contributed by atoms with E-state index in [4.69, 9.17) is 11.5 Å². The molecule has 0 unspecified atom stereocenters. The number of amides is 2. The average molecular weight is 246 g/mol. The SMILES string of the molecule is NC(=O)[Se][Se]C(N)=O. The molecule has 6 heteroatoms. The van der Waals surface area contributed by atoms with Crippen molar-refractivity contribution in [2.75, 3.05) is 0 Å². The van der Waals surface area contributed by atoms with E-state index in [0.29, 0.717) is 0 Å². The molecule has 0 rings (SSSR count). The Morgan fingerprint density at radius 1 is 1.00 bits per heavy atom. The molecule has 46 valence electrons. The number of rotatable bonds is 3. The Kier molecular flexibility index (Phi) is 3.91. The van der Waals surface area contributed by atoms with Crippen molar-refractivity contribution in [3.05, 3.63) is 0 Å². The van der Waals surface area contributed by atoms with Gasteiger partial charge in [-0.15, -0.1) is 0 Å². The van der Waals surface area contributed by atoms with E-state index in [1.807, 2.05) is 0 Å². The summed E-state index contributed by atoms with van der Waals surface area (Å²) in [6.45, 7) is 0. The van der Waals surface area contributed by atoms with Crippen LogP contribution < -0.4 is 11.5 Å². The van der Waals surface area contributed by atoms with Crippen LogP contribution in [0, 0.1) is 0 Å². The Balaban J connectivity index is 3.18. The molecule has 0 aromatic rings. The minimum atomic E-state index is -0.406. The Labute approximate surface area is 57.2 Å². The summed E-state index contributed by atoms with van der Waals surface area (Å²) in [6, 6.07) is 0. The number of hydrogen-bond donors (Lipinski definition) is 2.